The molecule has 0 spiro atoms. The van der Waals surface area contributed by atoms with E-state index in [1.54, 1.807) is 0 Å². The fourth-order valence-corrected chi connectivity index (χ4v) is 4.33. The lowest BCUT2D eigenvalue weighted by molar-refractivity contribution is -0.0504. The molecule has 2 aromatic heterocycles. The second-order valence-corrected chi connectivity index (χ2v) is 9.42. The molecule has 188 valence electrons. The molecular formula is C23H23N4O8P. The lowest BCUT2D eigenvalue weighted by Crippen LogP contribution is -2.33. The lowest BCUT2D eigenvalue weighted by atomic mass is 10.1. The third-order valence-corrected chi connectivity index (χ3v) is 6.22. The number of nitrogens with zero attached hydrogens (tertiary/aromatic N) is 4. The average Bonchev–Trinajstić information content (AvgIpc) is 3.42. The molecular weight excluding hydrogens is 491 g/mol. The molecule has 3 heterocycles. The summed E-state index contributed by atoms with van der Waals surface area (Å²) in [7, 11) is -4.77. The van der Waals surface area contributed by atoms with E-state index in [2.05, 4.69) is 19.5 Å². The van der Waals surface area contributed by atoms with Crippen molar-refractivity contribution in [2.75, 3.05) is 6.61 Å². The maximum Gasteiger partial charge on any atom is 0.469 e. The predicted octanol–water partition coefficient (Wildman–Crippen LogP) is 1.80. The first-order valence-electron chi connectivity index (χ1n) is 11.0. The van der Waals surface area contributed by atoms with Crippen LogP contribution in [-0.4, -0.2) is 64.4 Å². The average molecular weight is 514 g/mol. The molecule has 0 amide bonds. The second kappa shape index (κ2) is 10.0. The van der Waals surface area contributed by atoms with Crippen molar-refractivity contribution in [3.05, 3.63) is 72.8 Å². The van der Waals surface area contributed by atoms with Crippen molar-refractivity contribution in [2.45, 2.75) is 31.1 Å². The van der Waals surface area contributed by atoms with E-state index in [4.69, 9.17) is 19.3 Å². The number of benzene rings is 2. The largest absolute Gasteiger partial charge is 0.489 e. The number of aromatic nitrogens is 4. The summed E-state index contributed by atoms with van der Waals surface area (Å²) in [5.74, 6) is 0.646. The van der Waals surface area contributed by atoms with Gasteiger partial charge in [-0.25, -0.2) is 19.5 Å². The third kappa shape index (κ3) is 5.15. The molecule has 0 saturated carbocycles. The Bertz CT molecular complexity index is 1400. The topological polar surface area (TPSA) is 169 Å². The molecule has 1 fully saturated rings. The molecule has 0 bridgehead atoms. The van der Waals surface area contributed by atoms with Gasteiger partial charge in [-0.3, -0.25) is 9.09 Å². The van der Waals surface area contributed by atoms with Gasteiger partial charge in [0.15, 0.2) is 11.9 Å². The van der Waals surface area contributed by atoms with Crippen molar-refractivity contribution in [2.24, 2.45) is 0 Å². The van der Waals surface area contributed by atoms with E-state index in [0.29, 0.717) is 29.2 Å². The Morgan fingerprint density at radius 1 is 1.00 bits per heavy atom. The van der Waals surface area contributed by atoms with E-state index in [1.807, 2.05) is 54.6 Å². The summed E-state index contributed by atoms with van der Waals surface area (Å²) in [6.45, 7) is -0.203. The molecule has 1 aliphatic rings. The number of hydrogen-bond acceptors (Lipinski definition) is 9. The molecule has 0 unspecified atom stereocenters. The van der Waals surface area contributed by atoms with E-state index in [9.17, 15) is 14.8 Å². The van der Waals surface area contributed by atoms with Crippen LogP contribution in [0.25, 0.3) is 22.4 Å². The van der Waals surface area contributed by atoms with Gasteiger partial charge in [-0.15, -0.1) is 0 Å². The summed E-state index contributed by atoms with van der Waals surface area (Å²) < 4.78 is 28.4. The third-order valence-electron chi connectivity index (χ3n) is 5.73. The fraction of sp³-hybridized carbons (Fsp3) is 0.261. The summed E-state index contributed by atoms with van der Waals surface area (Å²) >= 11 is 0. The number of phosphoric acid groups is 1. The number of aliphatic hydroxyl groups excluding tert-OH is 2. The van der Waals surface area contributed by atoms with Gasteiger partial charge in [0.05, 0.1) is 12.9 Å². The van der Waals surface area contributed by atoms with Crippen LogP contribution < -0.4 is 4.74 Å². The minimum absolute atomic E-state index is 0.336. The van der Waals surface area contributed by atoms with Crippen LogP contribution in [0.5, 0.6) is 5.75 Å². The zero-order valence-corrected chi connectivity index (χ0v) is 19.6. The van der Waals surface area contributed by atoms with Gasteiger partial charge >= 0.3 is 7.82 Å². The summed E-state index contributed by atoms with van der Waals surface area (Å²) in [5.41, 5.74) is 3.06. The van der Waals surface area contributed by atoms with Crippen molar-refractivity contribution in [1.82, 2.24) is 19.5 Å². The monoisotopic (exact) mass is 514 g/mol. The molecule has 5 rings (SSSR count). The van der Waals surface area contributed by atoms with Crippen LogP contribution in [0.2, 0.25) is 0 Å². The summed E-state index contributed by atoms with van der Waals surface area (Å²) in [5, 5.41) is 20.8. The van der Waals surface area contributed by atoms with Crippen molar-refractivity contribution < 1.29 is 38.6 Å². The highest BCUT2D eigenvalue weighted by molar-refractivity contribution is 7.46. The molecule has 1 aliphatic heterocycles. The Morgan fingerprint density at radius 2 is 1.81 bits per heavy atom. The summed E-state index contributed by atoms with van der Waals surface area (Å²) in [6.07, 6.45) is -2.40. The molecule has 4 atom stereocenters. The smallest absolute Gasteiger partial charge is 0.469 e. The van der Waals surface area contributed by atoms with Crippen LogP contribution in [0.1, 0.15) is 11.8 Å². The zero-order valence-electron chi connectivity index (χ0n) is 18.7. The number of imidazole rings is 1. The maximum absolute atomic E-state index is 11.0. The number of aliphatic hydroxyl groups is 2. The first-order valence-corrected chi connectivity index (χ1v) is 12.5. The van der Waals surface area contributed by atoms with E-state index in [0.717, 1.165) is 11.1 Å². The summed E-state index contributed by atoms with van der Waals surface area (Å²) in [4.78, 5) is 30.9. The van der Waals surface area contributed by atoms with E-state index < -0.39 is 39.0 Å². The van der Waals surface area contributed by atoms with Gasteiger partial charge in [0.25, 0.3) is 0 Å². The molecule has 0 aliphatic carbocycles. The minimum atomic E-state index is -4.77. The standard InChI is InChI=1S/C23H23N4O8P/c28-20-17(11-34-36(30,31)32)35-23(21(20)29)27-13-26-19-18(24-12-25-22(19)27)15-7-4-8-16(9-15)33-10-14-5-2-1-3-6-14/h1-9,12-13,17,20-21,23,28-29H,10-11H2,(H2,30,31,32)/t17-,20-,21-,23-/m1/s1. The quantitative estimate of drug-likeness (QED) is 0.253. The van der Waals surface area contributed by atoms with Gasteiger partial charge in [0, 0.05) is 5.56 Å². The zero-order chi connectivity index (χ0) is 25.3. The van der Waals surface area contributed by atoms with Crippen molar-refractivity contribution in [3.63, 3.8) is 0 Å². The van der Waals surface area contributed by atoms with Crippen molar-refractivity contribution in [3.8, 4) is 17.0 Å². The number of ether oxygens (including phenoxy) is 2. The molecule has 36 heavy (non-hydrogen) atoms. The molecule has 13 heteroatoms. The number of hydrogen-bond donors (Lipinski definition) is 4. The van der Waals surface area contributed by atoms with E-state index in [-0.39, 0.29) is 0 Å². The fourth-order valence-electron chi connectivity index (χ4n) is 3.99. The molecule has 1 saturated heterocycles. The number of phosphoric ester groups is 1. The van der Waals surface area contributed by atoms with Crippen LogP contribution in [0.15, 0.2) is 67.3 Å². The van der Waals surface area contributed by atoms with Crippen LogP contribution in [0.4, 0.5) is 0 Å². The first-order chi connectivity index (χ1) is 17.3. The Balaban J connectivity index is 1.39. The SMILES string of the molecule is O=P(O)(O)OC[C@H]1O[C@@H](n2cnc3c(-c4cccc(OCc5ccccc5)c4)ncnc32)[C@H](O)[C@@H]1O. The number of rotatable bonds is 8. The second-order valence-electron chi connectivity index (χ2n) is 8.18. The Labute approximate surface area is 205 Å². The first kappa shape index (κ1) is 24.5. The van der Waals surface area contributed by atoms with Crippen LogP contribution >= 0.6 is 7.82 Å². The summed E-state index contributed by atoms with van der Waals surface area (Å²) in [6, 6.07) is 17.2. The highest BCUT2D eigenvalue weighted by Crippen LogP contribution is 2.39. The van der Waals surface area contributed by atoms with Crippen molar-refractivity contribution >= 4 is 19.0 Å². The Morgan fingerprint density at radius 3 is 2.58 bits per heavy atom. The van der Waals surface area contributed by atoms with Crippen LogP contribution in [0.3, 0.4) is 0 Å². The highest BCUT2D eigenvalue weighted by Gasteiger charge is 2.45. The molecule has 4 aromatic rings. The van der Waals surface area contributed by atoms with E-state index in [1.165, 1.54) is 17.2 Å². The van der Waals surface area contributed by atoms with Crippen molar-refractivity contribution in [1.29, 1.82) is 0 Å². The van der Waals surface area contributed by atoms with Gasteiger partial charge in [-0.1, -0.05) is 42.5 Å². The van der Waals surface area contributed by atoms with Gasteiger partial charge in [-0.2, -0.15) is 0 Å². The Hall–Kier alpha value is -3.22. The normalized spacial score (nSPS) is 22.2. The number of fused-ring (bicyclic) bond motifs is 1. The molecule has 0 radical (unpaired) electrons. The van der Waals surface area contributed by atoms with Crippen LogP contribution in [-0.2, 0) is 20.4 Å². The lowest BCUT2D eigenvalue weighted by Gasteiger charge is -2.16. The molecule has 12 nitrogen and oxygen atoms in total. The molecule has 2 aromatic carbocycles. The van der Waals surface area contributed by atoms with Gasteiger partial charge < -0.3 is 29.5 Å². The van der Waals surface area contributed by atoms with Gasteiger partial charge in [-0.05, 0) is 17.7 Å². The minimum Gasteiger partial charge on any atom is -0.489 e. The predicted molar refractivity (Wildman–Crippen MR) is 125 cm³/mol. The Kier molecular flexibility index (Phi) is 6.82. The van der Waals surface area contributed by atoms with E-state index >= 15 is 0 Å². The maximum atomic E-state index is 11.0. The highest BCUT2D eigenvalue weighted by atomic mass is 31.2. The van der Waals surface area contributed by atoms with Gasteiger partial charge in [0.2, 0.25) is 0 Å². The van der Waals surface area contributed by atoms with Gasteiger partial charge in [0.1, 0.15) is 48.2 Å². The molecule has 4 N–H and O–H groups in total. The van der Waals surface area contributed by atoms with Crippen LogP contribution in [0, 0.1) is 0 Å².